The first-order chi connectivity index (χ1) is 17.1. The molecule has 5 rings (SSSR count). The van der Waals surface area contributed by atoms with E-state index in [9.17, 15) is 9.59 Å². The summed E-state index contributed by atoms with van der Waals surface area (Å²) in [5, 5.41) is 10.0. The summed E-state index contributed by atoms with van der Waals surface area (Å²) in [6.07, 6.45) is 4.97. The van der Waals surface area contributed by atoms with Crippen molar-refractivity contribution in [3.8, 4) is 11.4 Å². The summed E-state index contributed by atoms with van der Waals surface area (Å²) in [7, 11) is 1.60. The largest absolute Gasteiger partial charge is 0.497 e. The Morgan fingerprint density at radius 3 is 2.57 bits per heavy atom. The predicted molar refractivity (Wildman–Crippen MR) is 126 cm³/mol. The number of esters is 1. The van der Waals surface area contributed by atoms with Crippen molar-refractivity contribution in [3.63, 3.8) is 0 Å². The van der Waals surface area contributed by atoms with E-state index in [-0.39, 0.29) is 5.56 Å². The highest BCUT2D eigenvalue weighted by atomic mass is 16.5. The lowest BCUT2D eigenvalue weighted by molar-refractivity contribution is -0.136. The number of nitrogens with zero attached hydrogens (tertiary/aromatic N) is 4. The summed E-state index contributed by atoms with van der Waals surface area (Å²) in [5.41, 5.74) is 2.63. The Morgan fingerprint density at radius 2 is 1.86 bits per heavy atom. The molecule has 35 heavy (non-hydrogen) atoms. The quantitative estimate of drug-likeness (QED) is 0.379. The topological polar surface area (TPSA) is 99.2 Å². The number of rotatable bonds is 7. The molecule has 2 aromatic heterocycles. The monoisotopic (exact) mass is 470 g/mol. The number of methoxy groups -OCH3 is 1. The summed E-state index contributed by atoms with van der Waals surface area (Å²) >= 11 is 0. The molecule has 1 aliphatic heterocycles. The maximum atomic E-state index is 13.0. The average molecular weight is 470 g/mol. The van der Waals surface area contributed by atoms with Crippen LogP contribution in [0, 0.1) is 0 Å². The number of furan rings is 1. The number of hydrazone groups is 1. The number of carbonyl (C=O) groups excluding carboxylic acids is 2. The van der Waals surface area contributed by atoms with Crippen molar-refractivity contribution in [2.75, 3.05) is 13.7 Å². The Balaban J connectivity index is 1.29. The van der Waals surface area contributed by atoms with Crippen molar-refractivity contribution in [1.29, 1.82) is 0 Å². The van der Waals surface area contributed by atoms with Gasteiger partial charge >= 0.3 is 5.97 Å². The van der Waals surface area contributed by atoms with Gasteiger partial charge in [0, 0.05) is 12.6 Å². The SMILES string of the molecule is COc1ccc(C2=NN(C(=O)COC(=O)c3cnn(-c4ccccc4)c3)[C@H](c3ccco3)C2)cc1. The first kappa shape index (κ1) is 22.1. The third-order valence-electron chi connectivity index (χ3n) is 5.63. The van der Waals surface area contributed by atoms with Gasteiger partial charge in [0.1, 0.15) is 17.6 Å². The lowest BCUT2D eigenvalue weighted by Crippen LogP contribution is -2.31. The molecule has 4 aromatic rings. The molecule has 0 N–H and O–H groups in total. The molecule has 9 nitrogen and oxygen atoms in total. The van der Waals surface area contributed by atoms with Crippen LogP contribution in [0.2, 0.25) is 0 Å². The minimum atomic E-state index is -0.645. The van der Waals surface area contributed by atoms with Gasteiger partial charge in [-0.15, -0.1) is 0 Å². The summed E-state index contributed by atoms with van der Waals surface area (Å²) < 4.78 is 17.6. The van der Waals surface area contributed by atoms with E-state index in [1.165, 1.54) is 11.2 Å². The van der Waals surface area contributed by atoms with E-state index in [0.717, 1.165) is 22.7 Å². The molecule has 1 atom stereocenters. The molecule has 176 valence electrons. The summed E-state index contributed by atoms with van der Waals surface area (Å²) in [6, 6.07) is 19.9. The van der Waals surface area contributed by atoms with Gasteiger partial charge in [0.05, 0.1) is 36.5 Å². The number of carbonyl (C=O) groups is 2. The van der Waals surface area contributed by atoms with Gasteiger partial charge in [0.2, 0.25) is 0 Å². The van der Waals surface area contributed by atoms with Crippen molar-refractivity contribution in [1.82, 2.24) is 14.8 Å². The van der Waals surface area contributed by atoms with E-state index in [4.69, 9.17) is 13.9 Å². The maximum absolute atomic E-state index is 13.0. The molecule has 0 spiro atoms. The Hall–Kier alpha value is -4.66. The van der Waals surface area contributed by atoms with Crippen LogP contribution >= 0.6 is 0 Å². The van der Waals surface area contributed by atoms with Crippen molar-refractivity contribution >= 4 is 17.6 Å². The Kier molecular flexibility index (Phi) is 6.13. The molecule has 2 aromatic carbocycles. The lowest BCUT2D eigenvalue weighted by atomic mass is 10.0. The van der Waals surface area contributed by atoms with Gasteiger partial charge in [-0.3, -0.25) is 4.79 Å². The van der Waals surface area contributed by atoms with Gasteiger partial charge in [-0.1, -0.05) is 18.2 Å². The molecule has 0 aliphatic carbocycles. The third-order valence-corrected chi connectivity index (χ3v) is 5.63. The lowest BCUT2D eigenvalue weighted by Gasteiger charge is -2.19. The zero-order chi connectivity index (χ0) is 24.2. The molecule has 1 amide bonds. The normalized spacial score (nSPS) is 15.1. The van der Waals surface area contributed by atoms with Crippen molar-refractivity contribution < 1.29 is 23.5 Å². The zero-order valence-electron chi connectivity index (χ0n) is 18.9. The van der Waals surface area contributed by atoms with Crippen molar-refractivity contribution in [2.24, 2.45) is 5.10 Å². The highest BCUT2D eigenvalue weighted by molar-refractivity contribution is 6.03. The second-order valence-corrected chi connectivity index (χ2v) is 7.83. The van der Waals surface area contributed by atoms with Crippen molar-refractivity contribution in [2.45, 2.75) is 12.5 Å². The van der Waals surface area contributed by atoms with E-state index in [1.54, 1.807) is 36.4 Å². The molecule has 0 unspecified atom stereocenters. The standard InChI is InChI=1S/C26H22N4O5/c1-33-21-11-9-18(10-12-21)22-14-23(24-8-5-13-34-24)30(28-22)25(31)17-35-26(32)19-15-27-29(16-19)20-6-3-2-4-7-20/h2-13,15-16,23H,14,17H2,1H3/t23-/m0/s1. The second-order valence-electron chi connectivity index (χ2n) is 7.83. The van der Waals surface area contributed by atoms with Crippen LogP contribution in [0.3, 0.4) is 0 Å². The van der Waals surface area contributed by atoms with Crippen LogP contribution in [-0.2, 0) is 9.53 Å². The Morgan fingerprint density at radius 1 is 1.06 bits per heavy atom. The van der Waals surface area contributed by atoms with Gasteiger partial charge in [-0.2, -0.15) is 10.2 Å². The molecular formula is C26H22N4O5. The number of hydrogen-bond donors (Lipinski definition) is 0. The Bertz CT molecular complexity index is 1340. The van der Waals surface area contributed by atoms with Gasteiger partial charge in [-0.05, 0) is 54.1 Å². The van der Waals surface area contributed by atoms with E-state index >= 15 is 0 Å². The number of benzene rings is 2. The number of amides is 1. The van der Waals surface area contributed by atoms with E-state index in [1.807, 2.05) is 54.6 Å². The molecule has 0 radical (unpaired) electrons. The van der Waals surface area contributed by atoms with Crippen molar-refractivity contribution in [3.05, 3.63) is 102 Å². The summed E-state index contributed by atoms with van der Waals surface area (Å²) in [6.45, 7) is -0.466. The van der Waals surface area contributed by atoms with Crippen LogP contribution in [0.4, 0.5) is 0 Å². The molecule has 0 fully saturated rings. The fourth-order valence-electron chi connectivity index (χ4n) is 3.83. The van der Waals surface area contributed by atoms with Gasteiger partial charge < -0.3 is 13.9 Å². The third kappa shape index (κ3) is 4.70. The van der Waals surface area contributed by atoms with E-state index in [2.05, 4.69) is 10.2 Å². The van der Waals surface area contributed by atoms with Crippen LogP contribution in [0.25, 0.3) is 5.69 Å². The minimum absolute atomic E-state index is 0.244. The van der Waals surface area contributed by atoms with Crippen LogP contribution in [0.1, 0.15) is 34.1 Å². The smallest absolute Gasteiger partial charge is 0.341 e. The van der Waals surface area contributed by atoms with Crippen LogP contribution in [0.5, 0.6) is 5.75 Å². The minimum Gasteiger partial charge on any atom is -0.497 e. The fourth-order valence-corrected chi connectivity index (χ4v) is 3.83. The number of hydrogen-bond acceptors (Lipinski definition) is 7. The average Bonchev–Trinajstić information content (AvgIpc) is 3.68. The van der Waals surface area contributed by atoms with Gasteiger partial charge in [-0.25, -0.2) is 14.5 Å². The highest BCUT2D eigenvalue weighted by Gasteiger charge is 2.35. The Labute approximate surface area is 201 Å². The molecule has 3 heterocycles. The fraction of sp³-hybridized carbons (Fsp3) is 0.154. The first-order valence-corrected chi connectivity index (χ1v) is 11.0. The molecule has 1 aliphatic rings. The zero-order valence-corrected chi connectivity index (χ0v) is 18.9. The first-order valence-electron chi connectivity index (χ1n) is 11.0. The number of aromatic nitrogens is 2. The van der Waals surface area contributed by atoms with E-state index in [0.29, 0.717) is 12.2 Å². The van der Waals surface area contributed by atoms with Crippen LogP contribution in [-0.4, -0.2) is 46.1 Å². The predicted octanol–water partition coefficient (Wildman–Crippen LogP) is 4.01. The van der Waals surface area contributed by atoms with Crippen LogP contribution in [0.15, 0.2) is 94.9 Å². The number of ether oxygens (including phenoxy) is 2. The summed E-state index contributed by atoms with van der Waals surface area (Å²) in [5.74, 6) is 0.221. The molecule has 0 saturated carbocycles. The van der Waals surface area contributed by atoms with Gasteiger partial charge in [0.25, 0.3) is 5.91 Å². The molecule has 0 bridgehead atoms. The second kappa shape index (κ2) is 9.68. The van der Waals surface area contributed by atoms with E-state index < -0.39 is 24.5 Å². The number of para-hydroxylation sites is 1. The maximum Gasteiger partial charge on any atom is 0.341 e. The van der Waals surface area contributed by atoms with Crippen LogP contribution < -0.4 is 4.74 Å². The van der Waals surface area contributed by atoms with Gasteiger partial charge in [0.15, 0.2) is 6.61 Å². The highest BCUT2D eigenvalue weighted by Crippen LogP contribution is 2.33. The summed E-state index contributed by atoms with van der Waals surface area (Å²) in [4.78, 5) is 25.6. The molecular weight excluding hydrogens is 448 g/mol. The molecule has 9 heteroatoms. The molecule has 0 saturated heterocycles.